The highest BCUT2D eigenvalue weighted by Crippen LogP contribution is 2.03. The number of amides is 3. The van der Waals surface area contributed by atoms with Crippen LogP contribution >= 0.6 is 0 Å². The summed E-state index contributed by atoms with van der Waals surface area (Å²) in [4.78, 5) is 62.7. The average Bonchev–Trinajstić information content (AvgIpc) is 2.70. The van der Waals surface area contributed by atoms with Gasteiger partial charge in [0.15, 0.2) is 12.0 Å². The molecule has 0 rings (SSSR count). The zero-order valence-electron chi connectivity index (χ0n) is 18.5. The SMILES string of the molecule is CC(NC(=O)C(N)CCC(=O)O)C(=O)NC(CCCN=C(N)N)C(=O)NC(C(=O)O)C(C)O. The zero-order valence-corrected chi connectivity index (χ0v) is 18.5. The molecule has 12 N–H and O–H groups in total. The van der Waals surface area contributed by atoms with Crippen molar-refractivity contribution >= 4 is 35.6 Å². The molecule has 0 spiro atoms. The molecule has 0 aromatic heterocycles. The second kappa shape index (κ2) is 14.6. The van der Waals surface area contributed by atoms with Crippen LogP contribution in [-0.4, -0.2) is 87.8 Å². The van der Waals surface area contributed by atoms with Crippen LogP contribution in [0.25, 0.3) is 0 Å². The van der Waals surface area contributed by atoms with E-state index in [2.05, 4.69) is 20.9 Å². The average molecular weight is 476 g/mol. The lowest BCUT2D eigenvalue weighted by molar-refractivity contribution is -0.145. The number of carbonyl (C=O) groups excluding carboxylic acids is 3. The monoisotopic (exact) mass is 475 g/mol. The molecule has 0 radical (unpaired) electrons. The summed E-state index contributed by atoms with van der Waals surface area (Å²) >= 11 is 0. The lowest BCUT2D eigenvalue weighted by atomic mass is 10.1. The molecule has 0 aliphatic carbocycles. The molecular weight excluding hydrogens is 442 g/mol. The van der Waals surface area contributed by atoms with E-state index in [0.717, 1.165) is 0 Å². The van der Waals surface area contributed by atoms with Gasteiger partial charge in [0.2, 0.25) is 17.7 Å². The Balaban J connectivity index is 5.19. The molecule has 0 aliphatic heterocycles. The molecule has 0 fully saturated rings. The second-order valence-corrected chi connectivity index (χ2v) is 7.34. The smallest absolute Gasteiger partial charge is 0.328 e. The summed E-state index contributed by atoms with van der Waals surface area (Å²) in [6.45, 7) is 2.63. The molecule has 0 aromatic carbocycles. The van der Waals surface area contributed by atoms with Crippen molar-refractivity contribution in [3.8, 4) is 0 Å². The summed E-state index contributed by atoms with van der Waals surface area (Å²) in [6.07, 6.45) is -1.62. The number of rotatable bonds is 15. The Morgan fingerprint density at radius 3 is 2.00 bits per heavy atom. The van der Waals surface area contributed by atoms with Crippen molar-refractivity contribution in [2.75, 3.05) is 6.54 Å². The fourth-order valence-corrected chi connectivity index (χ4v) is 2.51. The van der Waals surface area contributed by atoms with Gasteiger partial charge in [0.05, 0.1) is 12.1 Å². The van der Waals surface area contributed by atoms with E-state index in [1.54, 1.807) is 0 Å². The predicted octanol–water partition coefficient (Wildman–Crippen LogP) is -3.83. The van der Waals surface area contributed by atoms with Gasteiger partial charge in [-0.25, -0.2) is 4.79 Å². The van der Waals surface area contributed by atoms with Crippen LogP contribution in [0.15, 0.2) is 4.99 Å². The number of carbonyl (C=O) groups is 5. The van der Waals surface area contributed by atoms with E-state index in [1.807, 2.05) is 0 Å². The number of guanidine groups is 1. The molecule has 0 aromatic rings. The quantitative estimate of drug-likeness (QED) is 0.0628. The number of aliphatic hydroxyl groups is 1. The van der Waals surface area contributed by atoms with Crippen molar-refractivity contribution in [2.45, 2.75) is 69.8 Å². The number of nitrogens with zero attached hydrogens (tertiary/aromatic N) is 1. The van der Waals surface area contributed by atoms with E-state index >= 15 is 0 Å². The molecule has 0 heterocycles. The number of aliphatic carboxylic acids is 2. The van der Waals surface area contributed by atoms with Crippen LogP contribution in [0.2, 0.25) is 0 Å². The van der Waals surface area contributed by atoms with Gasteiger partial charge >= 0.3 is 11.9 Å². The first kappa shape index (κ1) is 29.5. The molecule has 5 atom stereocenters. The topological polar surface area (TPSA) is 273 Å². The summed E-state index contributed by atoms with van der Waals surface area (Å²) in [5, 5.41) is 34.2. The zero-order chi connectivity index (χ0) is 25.7. The molecule has 33 heavy (non-hydrogen) atoms. The van der Waals surface area contributed by atoms with Gasteiger partial charge < -0.3 is 48.5 Å². The van der Waals surface area contributed by atoms with E-state index in [-0.39, 0.29) is 38.2 Å². The minimum Gasteiger partial charge on any atom is -0.481 e. The maximum Gasteiger partial charge on any atom is 0.328 e. The van der Waals surface area contributed by atoms with E-state index in [0.29, 0.717) is 0 Å². The van der Waals surface area contributed by atoms with Gasteiger partial charge in [-0.05, 0) is 33.1 Å². The van der Waals surface area contributed by atoms with E-state index in [1.165, 1.54) is 13.8 Å². The van der Waals surface area contributed by atoms with Crippen LogP contribution in [0.3, 0.4) is 0 Å². The molecule has 5 unspecified atom stereocenters. The third-order valence-corrected chi connectivity index (χ3v) is 4.38. The first-order valence-electron chi connectivity index (χ1n) is 10.1. The normalized spacial score (nSPS) is 15.2. The number of hydrogen-bond acceptors (Lipinski definition) is 8. The molecule has 0 bridgehead atoms. The van der Waals surface area contributed by atoms with Gasteiger partial charge in [0, 0.05) is 13.0 Å². The summed E-state index contributed by atoms with van der Waals surface area (Å²) < 4.78 is 0. The Morgan fingerprint density at radius 2 is 1.52 bits per heavy atom. The number of carboxylic acid groups (broad SMARTS) is 2. The number of aliphatic hydroxyl groups excluding tert-OH is 1. The Kier molecular flexibility index (Phi) is 13.0. The highest BCUT2D eigenvalue weighted by Gasteiger charge is 2.30. The Morgan fingerprint density at radius 1 is 0.909 bits per heavy atom. The molecule has 15 heteroatoms. The van der Waals surface area contributed by atoms with Crippen LogP contribution in [0.4, 0.5) is 0 Å². The molecule has 15 nitrogen and oxygen atoms in total. The standard InChI is InChI=1S/C18H33N7O8/c1-8(23-15(30)10(19)5-6-12(27)28)14(29)24-11(4-3-7-22-18(20)21)16(31)25-13(9(2)26)17(32)33/h8-11,13,26H,3-7,19H2,1-2H3,(H,23,30)(H,24,29)(H,25,31)(H,27,28)(H,32,33)(H4,20,21,22). The van der Waals surface area contributed by atoms with Crippen molar-refractivity contribution in [1.82, 2.24) is 16.0 Å². The van der Waals surface area contributed by atoms with Gasteiger partial charge in [-0.2, -0.15) is 0 Å². The van der Waals surface area contributed by atoms with Crippen LogP contribution < -0.4 is 33.2 Å². The molecule has 0 saturated carbocycles. The summed E-state index contributed by atoms with van der Waals surface area (Å²) in [5.41, 5.74) is 16.1. The fraction of sp³-hybridized carbons (Fsp3) is 0.667. The maximum absolute atomic E-state index is 12.6. The van der Waals surface area contributed by atoms with Crippen LogP contribution in [0, 0.1) is 0 Å². The number of nitrogens with two attached hydrogens (primary N) is 3. The highest BCUT2D eigenvalue weighted by atomic mass is 16.4. The van der Waals surface area contributed by atoms with E-state index in [4.69, 9.17) is 27.4 Å². The maximum atomic E-state index is 12.6. The lowest BCUT2D eigenvalue weighted by Crippen LogP contribution is -2.57. The Hall–Kier alpha value is -3.46. The third kappa shape index (κ3) is 12.2. The minimum absolute atomic E-state index is 0.0132. The van der Waals surface area contributed by atoms with Crippen molar-refractivity contribution in [3.05, 3.63) is 0 Å². The van der Waals surface area contributed by atoms with Crippen LogP contribution in [0.5, 0.6) is 0 Å². The number of carboxylic acids is 2. The van der Waals surface area contributed by atoms with Gasteiger partial charge in [-0.3, -0.25) is 24.2 Å². The Labute approximate surface area is 190 Å². The summed E-state index contributed by atoms with van der Waals surface area (Å²) in [5.74, 6) is -5.18. The van der Waals surface area contributed by atoms with Gasteiger partial charge in [0.1, 0.15) is 12.1 Å². The van der Waals surface area contributed by atoms with E-state index < -0.39 is 59.9 Å². The largest absolute Gasteiger partial charge is 0.481 e. The number of nitrogens with one attached hydrogen (secondary N) is 3. The van der Waals surface area contributed by atoms with Crippen LogP contribution in [-0.2, 0) is 24.0 Å². The molecule has 188 valence electrons. The molecule has 0 aliphatic rings. The fourth-order valence-electron chi connectivity index (χ4n) is 2.51. The predicted molar refractivity (Wildman–Crippen MR) is 116 cm³/mol. The van der Waals surface area contributed by atoms with Gasteiger partial charge in [-0.15, -0.1) is 0 Å². The van der Waals surface area contributed by atoms with Crippen molar-refractivity contribution < 1.29 is 39.3 Å². The molecule has 0 saturated heterocycles. The van der Waals surface area contributed by atoms with Gasteiger partial charge in [0.25, 0.3) is 0 Å². The highest BCUT2D eigenvalue weighted by molar-refractivity contribution is 5.94. The minimum atomic E-state index is -1.61. The first-order valence-corrected chi connectivity index (χ1v) is 10.1. The van der Waals surface area contributed by atoms with E-state index in [9.17, 15) is 29.1 Å². The number of aliphatic imine (C=N–C) groups is 1. The summed E-state index contributed by atoms with van der Waals surface area (Å²) in [6, 6.07) is -5.14. The summed E-state index contributed by atoms with van der Waals surface area (Å²) in [7, 11) is 0. The first-order chi connectivity index (χ1) is 15.3. The van der Waals surface area contributed by atoms with Crippen LogP contribution in [0.1, 0.15) is 39.5 Å². The lowest BCUT2D eigenvalue weighted by Gasteiger charge is -2.24. The van der Waals surface area contributed by atoms with Gasteiger partial charge in [-0.1, -0.05) is 0 Å². The molecular formula is C18H33N7O8. The van der Waals surface area contributed by atoms with Crippen molar-refractivity contribution in [1.29, 1.82) is 0 Å². The number of hydrogen-bond donors (Lipinski definition) is 9. The second-order valence-electron chi connectivity index (χ2n) is 7.34. The molecule has 3 amide bonds. The van der Waals surface area contributed by atoms with Crippen molar-refractivity contribution in [2.24, 2.45) is 22.2 Å². The Bertz CT molecular complexity index is 739. The van der Waals surface area contributed by atoms with Crippen molar-refractivity contribution in [3.63, 3.8) is 0 Å². The third-order valence-electron chi connectivity index (χ3n) is 4.38.